The first-order chi connectivity index (χ1) is 8.75. The van der Waals surface area contributed by atoms with Crippen LogP contribution < -0.4 is 5.32 Å². The minimum Gasteiger partial charge on any atom is -0.349 e. The van der Waals surface area contributed by atoms with Crippen LogP contribution in [0, 0.1) is 0 Å². The molecule has 1 fully saturated rings. The molecule has 1 saturated heterocycles. The van der Waals surface area contributed by atoms with E-state index in [1.54, 1.807) is 0 Å². The minimum atomic E-state index is 0.651. The second kappa shape index (κ2) is 5.06. The number of nitrogens with zero attached hydrogens (tertiary/aromatic N) is 1. The zero-order valence-corrected chi connectivity index (χ0v) is 12.3. The van der Waals surface area contributed by atoms with Crippen LogP contribution in [0.25, 0.3) is 10.9 Å². The maximum atomic E-state index is 3.64. The van der Waals surface area contributed by atoms with Crippen LogP contribution in [0.5, 0.6) is 0 Å². The predicted octanol–water partition coefficient (Wildman–Crippen LogP) is 3.63. The van der Waals surface area contributed by atoms with Crippen molar-refractivity contribution in [2.24, 2.45) is 7.05 Å². The maximum Gasteiger partial charge on any atom is 0.0522 e. The van der Waals surface area contributed by atoms with E-state index in [-0.39, 0.29) is 0 Å². The normalized spacial score (nSPS) is 20.4. The van der Waals surface area contributed by atoms with Gasteiger partial charge in [-0.1, -0.05) is 24.6 Å². The summed E-state index contributed by atoms with van der Waals surface area (Å²) in [6, 6.07) is 7.28. The van der Waals surface area contributed by atoms with Crippen molar-refractivity contribution in [2.45, 2.75) is 31.7 Å². The molecule has 0 bridgehead atoms. The summed E-state index contributed by atoms with van der Waals surface area (Å²) < 4.78 is 3.43. The second-order valence-corrected chi connectivity index (χ2v) is 6.11. The largest absolute Gasteiger partial charge is 0.349 e. The van der Waals surface area contributed by atoms with E-state index in [0.29, 0.717) is 6.04 Å². The van der Waals surface area contributed by atoms with Gasteiger partial charge in [-0.2, -0.15) is 0 Å². The Morgan fingerprint density at radius 1 is 1.39 bits per heavy atom. The van der Waals surface area contributed by atoms with Gasteiger partial charge in [0.2, 0.25) is 0 Å². The summed E-state index contributed by atoms with van der Waals surface area (Å²) >= 11 is 3.64. The van der Waals surface area contributed by atoms with Crippen molar-refractivity contribution in [3.8, 4) is 0 Å². The lowest BCUT2D eigenvalue weighted by molar-refractivity contribution is 0.400. The summed E-state index contributed by atoms with van der Waals surface area (Å²) in [7, 11) is 2.13. The number of halogens is 1. The molecule has 1 aliphatic heterocycles. The van der Waals surface area contributed by atoms with Crippen LogP contribution in [0.1, 0.15) is 24.8 Å². The number of nitrogens with one attached hydrogen (secondary N) is 1. The van der Waals surface area contributed by atoms with E-state index in [1.165, 1.54) is 46.7 Å². The molecule has 1 N–H and O–H groups in total. The van der Waals surface area contributed by atoms with Crippen molar-refractivity contribution >= 4 is 26.8 Å². The molecule has 0 amide bonds. The lowest BCUT2D eigenvalue weighted by atomic mass is 9.97. The Bertz CT molecular complexity index is 553. The van der Waals surface area contributed by atoms with Crippen LogP contribution >= 0.6 is 15.9 Å². The SMILES string of the molecule is Cn1cc(Br)c2cccc(CC3CCCCN3)c21. The molecular formula is C15H19BrN2. The van der Waals surface area contributed by atoms with Crippen molar-refractivity contribution in [1.82, 2.24) is 9.88 Å². The predicted molar refractivity (Wildman–Crippen MR) is 80.0 cm³/mol. The Labute approximate surface area is 116 Å². The number of fused-ring (bicyclic) bond motifs is 1. The fourth-order valence-corrected chi connectivity index (χ4v) is 3.66. The van der Waals surface area contributed by atoms with Crippen LogP contribution in [-0.4, -0.2) is 17.2 Å². The average molecular weight is 307 g/mol. The highest BCUT2D eigenvalue weighted by Crippen LogP contribution is 2.29. The molecule has 0 aliphatic carbocycles. The lowest BCUT2D eigenvalue weighted by Gasteiger charge is -2.23. The molecule has 1 unspecified atom stereocenters. The van der Waals surface area contributed by atoms with Gasteiger partial charge in [0.25, 0.3) is 0 Å². The fourth-order valence-electron chi connectivity index (χ4n) is 3.03. The van der Waals surface area contributed by atoms with E-state index in [0.717, 1.165) is 6.42 Å². The fraction of sp³-hybridized carbons (Fsp3) is 0.467. The van der Waals surface area contributed by atoms with Gasteiger partial charge in [-0.3, -0.25) is 0 Å². The zero-order chi connectivity index (χ0) is 12.5. The van der Waals surface area contributed by atoms with Crippen molar-refractivity contribution in [1.29, 1.82) is 0 Å². The highest BCUT2D eigenvalue weighted by Gasteiger charge is 2.16. The molecule has 3 rings (SSSR count). The summed E-state index contributed by atoms with van der Waals surface area (Å²) in [5.41, 5.74) is 2.83. The lowest BCUT2D eigenvalue weighted by Crippen LogP contribution is -2.35. The van der Waals surface area contributed by atoms with E-state index >= 15 is 0 Å². The summed E-state index contributed by atoms with van der Waals surface area (Å²) in [5.74, 6) is 0. The molecule has 0 spiro atoms. The molecular weight excluding hydrogens is 288 g/mol. The summed E-state index contributed by atoms with van der Waals surface area (Å²) in [6.07, 6.45) is 7.30. The third-order valence-electron chi connectivity index (χ3n) is 3.92. The molecule has 2 heterocycles. The number of aromatic nitrogens is 1. The number of rotatable bonds is 2. The van der Waals surface area contributed by atoms with Crippen LogP contribution in [-0.2, 0) is 13.5 Å². The Morgan fingerprint density at radius 2 is 2.28 bits per heavy atom. The molecule has 18 heavy (non-hydrogen) atoms. The first-order valence-corrected chi connectivity index (χ1v) is 7.51. The highest BCUT2D eigenvalue weighted by atomic mass is 79.9. The third kappa shape index (κ3) is 2.21. The van der Waals surface area contributed by atoms with E-state index < -0.39 is 0 Å². The van der Waals surface area contributed by atoms with Gasteiger partial charge in [-0.15, -0.1) is 0 Å². The Kier molecular flexibility index (Phi) is 3.44. The van der Waals surface area contributed by atoms with Gasteiger partial charge in [0, 0.05) is 29.1 Å². The van der Waals surface area contributed by atoms with Crippen molar-refractivity contribution in [3.63, 3.8) is 0 Å². The first kappa shape index (κ1) is 12.2. The Balaban J connectivity index is 1.95. The molecule has 0 saturated carbocycles. The number of para-hydroxylation sites is 1. The van der Waals surface area contributed by atoms with Crippen LogP contribution in [0.15, 0.2) is 28.9 Å². The standard InChI is InChI=1S/C15H19BrN2/c1-18-10-14(16)13-7-4-5-11(15(13)18)9-12-6-2-3-8-17-12/h4-5,7,10,12,17H,2-3,6,8-9H2,1H3. The molecule has 1 aliphatic rings. The van der Waals surface area contributed by atoms with Crippen molar-refractivity contribution in [2.75, 3.05) is 6.54 Å². The zero-order valence-electron chi connectivity index (χ0n) is 10.7. The average Bonchev–Trinajstić information content (AvgIpc) is 2.67. The smallest absolute Gasteiger partial charge is 0.0522 e. The van der Waals surface area contributed by atoms with E-state index in [2.05, 4.69) is 57.3 Å². The number of hydrogen-bond donors (Lipinski definition) is 1. The second-order valence-electron chi connectivity index (χ2n) is 5.25. The molecule has 1 aromatic carbocycles. The molecule has 0 radical (unpaired) electrons. The molecule has 96 valence electrons. The van der Waals surface area contributed by atoms with Crippen LogP contribution in [0.2, 0.25) is 0 Å². The quantitative estimate of drug-likeness (QED) is 0.896. The molecule has 2 nitrogen and oxygen atoms in total. The van der Waals surface area contributed by atoms with Gasteiger partial charge in [0.15, 0.2) is 0 Å². The maximum absolute atomic E-state index is 3.64. The molecule has 1 atom stereocenters. The van der Waals surface area contributed by atoms with Gasteiger partial charge in [0.05, 0.1) is 5.52 Å². The highest BCUT2D eigenvalue weighted by molar-refractivity contribution is 9.10. The number of benzene rings is 1. The van der Waals surface area contributed by atoms with Gasteiger partial charge in [-0.05, 0) is 47.3 Å². The van der Waals surface area contributed by atoms with Crippen molar-refractivity contribution in [3.05, 3.63) is 34.4 Å². The Hall–Kier alpha value is -0.800. The summed E-state index contributed by atoms with van der Waals surface area (Å²) in [4.78, 5) is 0. The summed E-state index contributed by atoms with van der Waals surface area (Å²) in [6.45, 7) is 1.18. The Morgan fingerprint density at radius 3 is 3.06 bits per heavy atom. The number of hydrogen-bond acceptors (Lipinski definition) is 1. The van der Waals surface area contributed by atoms with Gasteiger partial charge < -0.3 is 9.88 Å². The molecule has 3 heteroatoms. The van der Waals surface area contributed by atoms with E-state index in [9.17, 15) is 0 Å². The van der Waals surface area contributed by atoms with E-state index in [4.69, 9.17) is 0 Å². The third-order valence-corrected chi connectivity index (χ3v) is 4.55. The molecule has 1 aromatic heterocycles. The monoisotopic (exact) mass is 306 g/mol. The van der Waals surface area contributed by atoms with Gasteiger partial charge in [0.1, 0.15) is 0 Å². The van der Waals surface area contributed by atoms with Crippen molar-refractivity contribution < 1.29 is 0 Å². The molecule has 2 aromatic rings. The summed E-state index contributed by atoms with van der Waals surface area (Å²) in [5, 5.41) is 4.96. The van der Waals surface area contributed by atoms with Crippen LogP contribution in [0.3, 0.4) is 0 Å². The van der Waals surface area contributed by atoms with E-state index in [1.807, 2.05) is 0 Å². The topological polar surface area (TPSA) is 17.0 Å². The van der Waals surface area contributed by atoms with Crippen LogP contribution in [0.4, 0.5) is 0 Å². The number of piperidine rings is 1. The number of aryl methyl sites for hydroxylation is 1. The minimum absolute atomic E-state index is 0.651. The van der Waals surface area contributed by atoms with Gasteiger partial charge >= 0.3 is 0 Å². The van der Waals surface area contributed by atoms with Gasteiger partial charge in [-0.25, -0.2) is 0 Å². The first-order valence-electron chi connectivity index (χ1n) is 6.71.